The molecular weight excluding hydrogens is 268 g/mol. The standard InChI is InChI=1S/C14H15F2NO3/c1-3-9-6-12(20-14(15)16)10(5-11(9)8-17)7-13(18)19-4-2/h5-6,14H,3-4,7H2,1-2H3. The molecule has 0 N–H and O–H groups in total. The molecule has 0 aliphatic rings. The maximum atomic E-state index is 12.4. The first-order valence-electron chi connectivity index (χ1n) is 6.18. The minimum atomic E-state index is -2.99. The summed E-state index contributed by atoms with van der Waals surface area (Å²) in [4.78, 5) is 11.5. The van der Waals surface area contributed by atoms with E-state index in [9.17, 15) is 13.6 Å². The highest BCUT2D eigenvalue weighted by Gasteiger charge is 2.16. The van der Waals surface area contributed by atoms with Crippen LogP contribution in [-0.4, -0.2) is 19.2 Å². The molecule has 4 nitrogen and oxygen atoms in total. The van der Waals surface area contributed by atoms with E-state index in [1.807, 2.05) is 6.07 Å². The molecule has 0 amide bonds. The molecule has 0 aromatic heterocycles. The number of alkyl halides is 2. The van der Waals surface area contributed by atoms with Crippen molar-refractivity contribution < 1.29 is 23.0 Å². The van der Waals surface area contributed by atoms with E-state index in [0.717, 1.165) is 0 Å². The largest absolute Gasteiger partial charge is 0.466 e. The summed E-state index contributed by atoms with van der Waals surface area (Å²) in [7, 11) is 0. The van der Waals surface area contributed by atoms with Gasteiger partial charge in [0.15, 0.2) is 0 Å². The van der Waals surface area contributed by atoms with Crippen molar-refractivity contribution in [2.24, 2.45) is 0 Å². The summed E-state index contributed by atoms with van der Waals surface area (Å²) in [5.74, 6) is -0.649. The number of carbonyl (C=O) groups is 1. The SMILES string of the molecule is CCOC(=O)Cc1cc(C#N)c(CC)cc1OC(F)F. The van der Waals surface area contributed by atoms with E-state index in [2.05, 4.69) is 4.74 Å². The van der Waals surface area contributed by atoms with Crippen molar-refractivity contribution in [2.45, 2.75) is 33.3 Å². The second-order valence-electron chi connectivity index (χ2n) is 3.94. The summed E-state index contributed by atoms with van der Waals surface area (Å²) in [6, 6.07) is 4.75. The van der Waals surface area contributed by atoms with Crippen molar-refractivity contribution in [3.05, 3.63) is 28.8 Å². The Balaban J connectivity index is 3.17. The lowest BCUT2D eigenvalue weighted by Gasteiger charge is -2.13. The maximum absolute atomic E-state index is 12.4. The van der Waals surface area contributed by atoms with Crippen LogP contribution < -0.4 is 4.74 Å². The minimum absolute atomic E-state index is 0.0936. The van der Waals surface area contributed by atoms with Crippen LogP contribution in [0.1, 0.15) is 30.5 Å². The molecule has 6 heteroatoms. The Morgan fingerprint density at radius 3 is 2.55 bits per heavy atom. The Hall–Kier alpha value is -2.16. The highest BCUT2D eigenvalue weighted by Crippen LogP contribution is 2.26. The van der Waals surface area contributed by atoms with E-state index >= 15 is 0 Å². The third-order valence-electron chi connectivity index (χ3n) is 2.64. The number of benzene rings is 1. The number of carbonyl (C=O) groups excluding carboxylic acids is 1. The van der Waals surface area contributed by atoms with Crippen molar-refractivity contribution in [2.75, 3.05) is 6.61 Å². The highest BCUT2D eigenvalue weighted by atomic mass is 19.3. The van der Waals surface area contributed by atoms with Gasteiger partial charge in [0.2, 0.25) is 0 Å². The number of hydrogen-bond donors (Lipinski definition) is 0. The van der Waals surface area contributed by atoms with Gasteiger partial charge < -0.3 is 9.47 Å². The number of hydrogen-bond acceptors (Lipinski definition) is 4. The second-order valence-corrected chi connectivity index (χ2v) is 3.94. The van der Waals surface area contributed by atoms with Crippen LogP contribution in [0.4, 0.5) is 8.78 Å². The first kappa shape index (κ1) is 15.9. The highest BCUT2D eigenvalue weighted by molar-refractivity contribution is 5.74. The van der Waals surface area contributed by atoms with Crippen LogP contribution in [0.15, 0.2) is 12.1 Å². The van der Waals surface area contributed by atoms with E-state index in [1.165, 1.54) is 12.1 Å². The fourth-order valence-electron chi connectivity index (χ4n) is 1.77. The lowest BCUT2D eigenvalue weighted by atomic mass is 10.00. The molecule has 0 spiro atoms. The quantitative estimate of drug-likeness (QED) is 0.753. The molecule has 0 fully saturated rings. The third-order valence-corrected chi connectivity index (χ3v) is 2.64. The average Bonchev–Trinajstić information content (AvgIpc) is 2.39. The van der Waals surface area contributed by atoms with Crippen molar-refractivity contribution in [1.29, 1.82) is 5.26 Å². The zero-order valence-electron chi connectivity index (χ0n) is 11.3. The second kappa shape index (κ2) is 7.43. The van der Waals surface area contributed by atoms with Crippen LogP contribution in [0.5, 0.6) is 5.75 Å². The molecular formula is C14H15F2NO3. The summed E-state index contributed by atoms with van der Waals surface area (Å²) >= 11 is 0. The van der Waals surface area contributed by atoms with E-state index in [0.29, 0.717) is 17.5 Å². The number of aryl methyl sites for hydroxylation is 1. The van der Waals surface area contributed by atoms with Crippen molar-refractivity contribution in [3.63, 3.8) is 0 Å². The van der Waals surface area contributed by atoms with Crippen molar-refractivity contribution in [1.82, 2.24) is 0 Å². The van der Waals surface area contributed by atoms with Gasteiger partial charge >= 0.3 is 12.6 Å². The van der Waals surface area contributed by atoms with Gasteiger partial charge in [0, 0.05) is 5.56 Å². The van der Waals surface area contributed by atoms with Crippen LogP contribution in [0.25, 0.3) is 0 Å². The molecule has 0 saturated carbocycles. The summed E-state index contributed by atoms with van der Waals surface area (Å²) in [5.41, 5.74) is 1.15. The number of rotatable bonds is 6. The van der Waals surface area contributed by atoms with Crippen molar-refractivity contribution >= 4 is 5.97 Å². The van der Waals surface area contributed by atoms with Gasteiger partial charge in [0.1, 0.15) is 5.75 Å². The normalized spacial score (nSPS) is 10.2. The van der Waals surface area contributed by atoms with Gasteiger partial charge in [0.05, 0.1) is 24.7 Å². The lowest BCUT2D eigenvalue weighted by molar-refractivity contribution is -0.142. The fraction of sp³-hybridized carbons (Fsp3) is 0.429. The third kappa shape index (κ3) is 4.19. The summed E-state index contributed by atoms with van der Waals surface area (Å²) < 4.78 is 34.0. The number of esters is 1. The van der Waals surface area contributed by atoms with Gasteiger partial charge in [-0.3, -0.25) is 4.79 Å². The Morgan fingerprint density at radius 2 is 2.05 bits per heavy atom. The van der Waals surface area contributed by atoms with Gasteiger partial charge in [0.25, 0.3) is 0 Å². The van der Waals surface area contributed by atoms with Crippen LogP contribution >= 0.6 is 0 Å². The van der Waals surface area contributed by atoms with Gasteiger partial charge in [-0.25, -0.2) is 0 Å². The molecule has 1 aromatic carbocycles. The number of nitrogens with zero attached hydrogens (tertiary/aromatic N) is 1. The van der Waals surface area contributed by atoms with Crippen LogP contribution in [0.2, 0.25) is 0 Å². The smallest absolute Gasteiger partial charge is 0.387 e. The topological polar surface area (TPSA) is 59.3 Å². The first-order valence-corrected chi connectivity index (χ1v) is 6.18. The van der Waals surface area contributed by atoms with Gasteiger partial charge in [-0.2, -0.15) is 14.0 Å². The molecule has 0 unspecified atom stereocenters. The fourth-order valence-corrected chi connectivity index (χ4v) is 1.77. The van der Waals surface area contributed by atoms with Gasteiger partial charge in [-0.05, 0) is 31.0 Å². The lowest BCUT2D eigenvalue weighted by Crippen LogP contribution is -2.11. The van der Waals surface area contributed by atoms with E-state index in [1.54, 1.807) is 13.8 Å². The minimum Gasteiger partial charge on any atom is -0.466 e. The van der Waals surface area contributed by atoms with Gasteiger partial charge in [-0.1, -0.05) is 6.92 Å². The van der Waals surface area contributed by atoms with Crippen molar-refractivity contribution in [3.8, 4) is 11.8 Å². The zero-order chi connectivity index (χ0) is 15.1. The molecule has 0 radical (unpaired) electrons. The first-order chi connectivity index (χ1) is 9.51. The Bertz CT molecular complexity index is 524. The molecule has 0 atom stereocenters. The molecule has 0 heterocycles. The molecule has 108 valence electrons. The molecule has 0 saturated heterocycles. The van der Waals surface area contributed by atoms with Crippen LogP contribution in [-0.2, 0) is 22.4 Å². The van der Waals surface area contributed by atoms with E-state index in [4.69, 9.17) is 10.00 Å². The van der Waals surface area contributed by atoms with Crippen LogP contribution in [0.3, 0.4) is 0 Å². The number of ether oxygens (including phenoxy) is 2. The molecule has 0 bridgehead atoms. The van der Waals surface area contributed by atoms with E-state index in [-0.39, 0.29) is 24.3 Å². The predicted molar refractivity (Wildman–Crippen MR) is 67.5 cm³/mol. The predicted octanol–water partition coefficient (Wildman–Crippen LogP) is 2.83. The Kier molecular flexibility index (Phi) is 5.91. The Morgan fingerprint density at radius 1 is 1.35 bits per heavy atom. The summed E-state index contributed by atoms with van der Waals surface area (Å²) in [5, 5.41) is 9.03. The van der Waals surface area contributed by atoms with Gasteiger partial charge in [-0.15, -0.1) is 0 Å². The van der Waals surface area contributed by atoms with E-state index < -0.39 is 12.6 Å². The average molecular weight is 283 g/mol. The number of halogens is 2. The molecule has 1 aromatic rings. The Labute approximate surface area is 115 Å². The monoisotopic (exact) mass is 283 g/mol. The molecule has 20 heavy (non-hydrogen) atoms. The molecule has 0 aliphatic carbocycles. The summed E-state index contributed by atoms with van der Waals surface area (Å²) in [6.45, 7) is 0.652. The number of nitriles is 1. The summed E-state index contributed by atoms with van der Waals surface area (Å²) in [6.07, 6.45) is 0.288. The zero-order valence-corrected chi connectivity index (χ0v) is 11.3. The molecule has 0 aliphatic heterocycles. The maximum Gasteiger partial charge on any atom is 0.387 e. The van der Waals surface area contributed by atoms with Crippen LogP contribution in [0, 0.1) is 11.3 Å². The molecule has 1 rings (SSSR count).